The van der Waals surface area contributed by atoms with Crippen LogP contribution >= 0.6 is 0 Å². The van der Waals surface area contributed by atoms with Crippen molar-refractivity contribution in [3.05, 3.63) is 73.0 Å². The van der Waals surface area contributed by atoms with Crippen LogP contribution in [-0.2, 0) is 19.1 Å². The minimum absolute atomic E-state index is 0.111. The molecule has 6 rings (SSSR count). The van der Waals surface area contributed by atoms with Gasteiger partial charge in [-0.25, -0.2) is 19.6 Å². The fourth-order valence-electron chi connectivity index (χ4n) is 7.16. The molecule has 2 aromatic heterocycles. The van der Waals surface area contributed by atoms with Gasteiger partial charge in [-0.3, -0.25) is 9.59 Å². The fourth-order valence-corrected chi connectivity index (χ4v) is 7.16. The molecule has 4 amide bonds. The summed E-state index contributed by atoms with van der Waals surface area (Å²) in [5.41, 5.74) is 5.50. The number of benzene rings is 2. The zero-order chi connectivity index (χ0) is 36.9. The van der Waals surface area contributed by atoms with Gasteiger partial charge in [0, 0.05) is 13.1 Å². The van der Waals surface area contributed by atoms with Crippen LogP contribution in [-0.4, -0.2) is 93.1 Å². The van der Waals surface area contributed by atoms with E-state index in [0.29, 0.717) is 18.9 Å². The number of alkyl carbamates (subject to hydrolysis) is 2. The lowest BCUT2D eigenvalue weighted by Gasteiger charge is -2.29. The van der Waals surface area contributed by atoms with Crippen LogP contribution in [0, 0.1) is 5.92 Å². The number of imidazole rings is 2. The number of rotatable bonds is 11. The quantitative estimate of drug-likeness (QED) is 0.145. The minimum atomic E-state index is -0.763. The predicted molar refractivity (Wildman–Crippen MR) is 195 cm³/mol. The topological polar surface area (TPSA) is 175 Å². The van der Waals surface area contributed by atoms with Crippen LogP contribution in [0.15, 0.2) is 61.3 Å². The average molecular weight is 711 g/mol. The number of nitrogens with one attached hydrogen (secondary N) is 4. The van der Waals surface area contributed by atoms with Crippen LogP contribution < -0.4 is 10.6 Å². The highest BCUT2D eigenvalue weighted by molar-refractivity contribution is 5.88. The lowest BCUT2D eigenvalue weighted by Crippen LogP contribution is -2.51. The molecule has 52 heavy (non-hydrogen) atoms. The first-order valence-corrected chi connectivity index (χ1v) is 17.7. The zero-order valence-corrected chi connectivity index (χ0v) is 30.0. The van der Waals surface area contributed by atoms with Gasteiger partial charge in [-0.1, -0.05) is 50.3 Å². The van der Waals surface area contributed by atoms with Crippen molar-refractivity contribution in [1.82, 2.24) is 40.4 Å². The molecule has 0 bridgehead atoms. The van der Waals surface area contributed by atoms with Crippen LogP contribution in [0.1, 0.15) is 69.7 Å². The molecule has 14 heteroatoms. The SMILES string of the molecule is C=CC[C@H](NC(=O)OC)C(=O)N1CCC[C@H]1c1ncc(-c2ccc(-c3ccc4nc([C@@H]5CCCN5C(=O)[C@@H](NC(=O)OC)C(C)C)[nH]c4c3)cc2)[nH]1. The van der Waals surface area contributed by atoms with Gasteiger partial charge in [0.15, 0.2) is 0 Å². The van der Waals surface area contributed by atoms with E-state index in [4.69, 9.17) is 14.5 Å². The minimum Gasteiger partial charge on any atom is -0.453 e. The fraction of sp³-hybridized carbons (Fsp3) is 0.421. The monoisotopic (exact) mass is 710 g/mol. The van der Waals surface area contributed by atoms with Crippen LogP contribution in [0.5, 0.6) is 0 Å². The Balaban J connectivity index is 1.15. The molecule has 4 N–H and O–H groups in total. The summed E-state index contributed by atoms with van der Waals surface area (Å²) >= 11 is 0. The highest BCUT2D eigenvalue weighted by Gasteiger charge is 2.38. The van der Waals surface area contributed by atoms with Crippen molar-refractivity contribution in [2.24, 2.45) is 5.92 Å². The van der Waals surface area contributed by atoms with E-state index in [1.165, 1.54) is 14.2 Å². The summed E-state index contributed by atoms with van der Waals surface area (Å²) in [7, 11) is 2.55. The molecule has 2 aliphatic heterocycles. The largest absolute Gasteiger partial charge is 0.453 e. The van der Waals surface area contributed by atoms with E-state index in [0.717, 1.165) is 64.9 Å². The number of aromatic nitrogens is 4. The Morgan fingerprint density at radius 1 is 0.865 bits per heavy atom. The average Bonchev–Trinajstić information content (AvgIpc) is 3.98. The molecule has 0 radical (unpaired) electrons. The predicted octanol–water partition coefficient (Wildman–Crippen LogP) is 5.63. The second-order valence-electron chi connectivity index (χ2n) is 13.6. The molecule has 0 unspecified atom stereocenters. The van der Waals surface area contributed by atoms with Crippen LogP contribution in [0.3, 0.4) is 0 Å². The number of nitrogens with zero attached hydrogens (tertiary/aromatic N) is 4. The van der Waals surface area contributed by atoms with Gasteiger partial charge in [-0.2, -0.15) is 0 Å². The highest BCUT2D eigenvalue weighted by atomic mass is 16.5. The summed E-state index contributed by atoms with van der Waals surface area (Å²) in [5, 5.41) is 5.32. The summed E-state index contributed by atoms with van der Waals surface area (Å²) in [6.07, 6.45) is 5.58. The second kappa shape index (κ2) is 15.7. The lowest BCUT2D eigenvalue weighted by atomic mass is 10.0. The number of carbonyl (C=O) groups excluding carboxylic acids is 4. The first-order valence-electron chi connectivity index (χ1n) is 17.7. The third-order valence-corrected chi connectivity index (χ3v) is 9.90. The molecule has 2 saturated heterocycles. The maximum absolute atomic E-state index is 13.6. The molecule has 2 fully saturated rings. The Hall–Kier alpha value is -5.66. The van der Waals surface area contributed by atoms with Gasteiger partial charge in [0.1, 0.15) is 23.7 Å². The van der Waals surface area contributed by atoms with E-state index in [9.17, 15) is 19.2 Å². The molecular formula is C38H46N8O6. The Kier molecular flexibility index (Phi) is 10.9. The smallest absolute Gasteiger partial charge is 0.407 e. The van der Waals surface area contributed by atoms with Crippen molar-refractivity contribution in [3.63, 3.8) is 0 Å². The van der Waals surface area contributed by atoms with Crippen molar-refractivity contribution < 1.29 is 28.7 Å². The first-order chi connectivity index (χ1) is 25.1. The molecule has 0 spiro atoms. The number of ether oxygens (including phenoxy) is 2. The number of carbonyl (C=O) groups is 4. The van der Waals surface area contributed by atoms with Crippen LogP contribution in [0.25, 0.3) is 33.4 Å². The zero-order valence-electron chi connectivity index (χ0n) is 30.0. The maximum atomic E-state index is 13.6. The number of amides is 4. The van der Waals surface area contributed by atoms with Crippen LogP contribution in [0.4, 0.5) is 9.59 Å². The van der Waals surface area contributed by atoms with E-state index >= 15 is 0 Å². The van der Waals surface area contributed by atoms with Gasteiger partial charge < -0.3 is 39.9 Å². The molecule has 4 atom stereocenters. The summed E-state index contributed by atoms with van der Waals surface area (Å²) in [4.78, 5) is 70.8. The molecule has 0 saturated carbocycles. The van der Waals surface area contributed by atoms with E-state index in [2.05, 4.69) is 50.4 Å². The Morgan fingerprint density at radius 2 is 1.48 bits per heavy atom. The van der Waals surface area contributed by atoms with Gasteiger partial charge in [-0.15, -0.1) is 6.58 Å². The third-order valence-electron chi connectivity index (χ3n) is 9.90. The van der Waals surface area contributed by atoms with Crippen molar-refractivity contribution in [3.8, 4) is 22.4 Å². The number of H-pyrrole nitrogens is 2. The second-order valence-corrected chi connectivity index (χ2v) is 13.6. The standard InChI is InChI=1S/C38H46N8O6/c1-6-9-27(43-37(49)51-4)35(47)45-18-7-10-30(45)33-39-21-29(42-33)24-14-12-23(13-15-24)25-16-17-26-28(20-25)41-34(40-26)31-11-8-19-46(31)36(48)32(22(2)3)44-38(50)52-5/h6,12-17,20-22,27,30-32H,1,7-11,18-19H2,2-5H3,(H,39,42)(H,40,41)(H,43,49)(H,44,50)/t27-,30-,31-,32-/m0/s1. The molecule has 274 valence electrons. The number of methoxy groups -OCH3 is 2. The van der Waals surface area contributed by atoms with E-state index in [1.54, 1.807) is 17.2 Å². The molecule has 0 aliphatic carbocycles. The van der Waals surface area contributed by atoms with Crippen molar-refractivity contribution >= 4 is 35.0 Å². The lowest BCUT2D eigenvalue weighted by molar-refractivity contribution is -0.135. The van der Waals surface area contributed by atoms with Gasteiger partial charge >= 0.3 is 12.2 Å². The molecule has 2 aliphatic rings. The molecule has 4 heterocycles. The molecule has 2 aromatic carbocycles. The summed E-state index contributed by atoms with van der Waals surface area (Å²) in [5.74, 6) is 0.969. The van der Waals surface area contributed by atoms with E-state index in [-0.39, 0.29) is 36.2 Å². The molecule has 4 aromatic rings. The van der Waals surface area contributed by atoms with Gasteiger partial charge in [-0.05, 0) is 66.8 Å². The normalized spacial score (nSPS) is 18.3. The van der Waals surface area contributed by atoms with Gasteiger partial charge in [0.05, 0.1) is 49.2 Å². The highest BCUT2D eigenvalue weighted by Crippen LogP contribution is 2.35. The number of hydrogen-bond acceptors (Lipinski definition) is 8. The number of fused-ring (bicyclic) bond motifs is 1. The van der Waals surface area contributed by atoms with Gasteiger partial charge in [0.25, 0.3) is 0 Å². The van der Waals surface area contributed by atoms with Crippen molar-refractivity contribution in [2.75, 3.05) is 27.3 Å². The van der Waals surface area contributed by atoms with E-state index < -0.39 is 24.3 Å². The molecule has 14 nitrogen and oxygen atoms in total. The number of hydrogen-bond donors (Lipinski definition) is 4. The Bertz CT molecular complexity index is 1930. The Labute approximate surface area is 302 Å². The van der Waals surface area contributed by atoms with Crippen LogP contribution in [0.2, 0.25) is 0 Å². The molecular weight excluding hydrogens is 664 g/mol. The Morgan fingerprint density at radius 3 is 2.13 bits per heavy atom. The summed E-state index contributed by atoms with van der Waals surface area (Å²) in [6.45, 7) is 8.67. The van der Waals surface area contributed by atoms with Crippen molar-refractivity contribution in [1.29, 1.82) is 0 Å². The first kappa shape index (κ1) is 36.1. The third kappa shape index (κ3) is 7.51. The van der Waals surface area contributed by atoms with Gasteiger partial charge in [0.2, 0.25) is 11.8 Å². The maximum Gasteiger partial charge on any atom is 0.407 e. The number of aromatic amines is 2. The summed E-state index contributed by atoms with van der Waals surface area (Å²) < 4.78 is 9.47. The summed E-state index contributed by atoms with van der Waals surface area (Å²) in [6, 6.07) is 12.3. The van der Waals surface area contributed by atoms with E-state index in [1.807, 2.05) is 43.0 Å². The van der Waals surface area contributed by atoms with Crippen molar-refractivity contribution in [2.45, 2.75) is 70.1 Å². The number of likely N-dealkylation sites (tertiary alicyclic amines) is 2.